The summed E-state index contributed by atoms with van der Waals surface area (Å²) in [6.45, 7) is 7.74. The van der Waals surface area contributed by atoms with Crippen LogP contribution in [0.25, 0.3) is 0 Å². The monoisotopic (exact) mass is 339 g/mol. The number of para-hydroxylation sites is 2. The molecule has 7 heteroatoms. The second-order valence-corrected chi connectivity index (χ2v) is 8.85. The Kier molecular flexibility index (Phi) is 5.01. The van der Waals surface area contributed by atoms with Gasteiger partial charge in [-0.05, 0) is 12.1 Å². The van der Waals surface area contributed by atoms with Crippen molar-refractivity contribution < 1.29 is 13.2 Å². The van der Waals surface area contributed by atoms with Crippen molar-refractivity contribution in [1.82, 2.24) is 4.31 Å². The molecule has 128 valence electrons. The highest BCUT2D eigenvalue weighted by Crippen LogP contribution is 2.28. The van der Waals surface area contributed by atoms with Crippen LogP contribution in [0.4, 0.5) is 11.4 Å². The normalized spacial score (nSPS) is 17.1. The molecule has 6 nitrogen and oxygen atoms in total. The van der Waals surface area contributed by atoms with Crippen molar-refractivity contribution >= 4 is 27.3 Å². The number of sulfonamides is 1. The lowest BCUT2D eigenvalue weighted by molar-refractivity contribution is -0.123. The van der Waals surface area contributed by atoms with Crippen LogP contribution in [0.15, 0.2) is 24.3 Å². The highest BCUT2D eigenvalue weighted by Gasteiger charge is 2.26. The number of nitrogens with one attached hydrogen (secondary N) is 1. The van der Waals surface area contributed by atoms with E-state index in [1.165, 1.54) is 10.6 Å². The Labute approximate surface area is 138 Å². The number of hydrogen-bond donors (Lipinski definition) is 1. The first kappa shape index (κ1) is 17.7. The van der Waals surface area contributed by atoms with Crippen molar-refractivity contribution in [2.24, 2.45) is 5.41 Å². The van der Waals surface area contributed by atoms with Gasteiger partial charge in [-0.2, -0.15) is 4.31 Å². The van der Waals surface area contributed by atoms with E-state index in [1.54, 1.807) is 0 Å². The van der Waals surface area contributed by atoms with Crippen LogP contribution in [-0.4, -0.2) is 51.1 Å². The molecular weight excluding hydrogens is 314 g/mol. The molecule has 23 heavy (non-hydrogen) atoms. The summed E-state index contributed by atoms with van der Waals surface area (Å²) in [6.07, 6.45) is 1.24. The first-order valence-electron chi connectivity index (χ1n) is 7.69. The van der Waals surface area contributed by atoms with Crippen molar-refractivity contribution in [3.63, 3.8) is 0 Å². The third kappa shape index (κ3) is 4.45. The molecule has 0 aliphatic carbocycles. The van der Waals surface area contributed by atoms with E-state index in [0.717, 1.165) is 11.4 Å². The van der Waals surface area contributed by atoms with Crippen LogP contribution in [0, 0.1) is 5.41 Å². The molecule has 1 amide bonds. The lowest BCUT2D eigenvalue weighted by Gasteiger charge is -2.35. The van der Waals surface area contributed by atoms with Gasteiger partial charge in [-0.1, -0.05) is 32.9 Å². The van der Waals surface area contributed by atoms with Crippen molar-refractivity contribution in [1.29, 1.82) is 0 Å². The van der Waals surface area contributed by atoms with E-state index in [0.29, 0.717) is 26.2 Å². The van der Waals surface area contributed by atoms with Crippen LogP contribution in [0.3, 0.4) is 0 Å². The van der Waals surface area contributed by atoms with Crippen LogP contribution >= 0.6 is 0 Å². The predicted molar refractivity (Wildman–Crippen MR) is 93.2 cm³/mol. The van der Waals surface area contributed by atoms with Gasteiger partial charge in [0.15, 0.2) is 0 Å². The molecule has 0 spiro atoms. The molecule has 0 atom stereocenters. The Morgan fingerprint density at radius 3 is 2.17 bits per heavy atom. The summed E-state index contributed by atoms with van der Waals surface area (Å²) in [5, 5.41) is 2.98. The molecule has 2 rings (SSSR count). The maximum Gasteiger partial charge on any atom is 0.229 e. The number of carbonyl (C=O) groups excluding carboxylic acids is 1. The fraction of sp³-hybridized carbons (Fsp3) is 0.562. The minimum absolute atomic E-state index is 0.0419. The van der Waals surface area contributed by atoms with Crippen molar-refractivity contribution in [3.8, 4) is 0 Å². The number of rotatable bonds is 3. The largest absolute Gasteiger partial charge is 0.367 e. The molecule has 1 aliphatic heterocycles. The molecule has 0 saturated carbocycles. The van der Waals surface area contributed by atoms with Gasteiger partial charge in [0, 0.05) is 31.6 Å². The maximum absolute atomic E-state index is 12.2. The van der Waals surface area contributed by atoms with Gasteiger partial charge in [-0.3, -0.25) is 4.79 Å². The second-order valence-electron chi connectivity index (χ2n) is 6.87. The topological polar surface area (TPSA) is 69.7 Å². The third-order valence-electron chi connectivity index (χ3n) is 3.88. The molecule has 1 fully saturated rings. The van der Waals surface area contributed by atoms with Crippen LogP contribution in [-0.2, 0) is 14.8 Å². The summed E-state index contributed by atoms with van der Waals surface area (Å²) >= 11 is 0. The standard InChI is InChI=1S/C16H25N3O3S/c1-16(2,3)15(20)17-13-7-5-6-8-14(13)18-9-11-19(12-10-18)23(4,21)22/h5-8H,9-12H2,1-4H3,(H,17,20). The number of nitrogens with zero attached hydrogens (tertiary/aromatic N) is 2. The average Bonchev–Trinajstić information content (AvgIpc) is 2.46. The van der Waals surface area contributed by atoms with E-state index < -0.39 is 15.4 Å². The smallest absolute Gasteiger partial charge is 0.229 e. The van der Waals surface area contributed by atoms with Crippen molar-refractivity contribution in [2.75, 3.05) is 42.7 Å². The SMILES string of the molecule is CC(C)(C)C(=O)Nc1ccccc1N1CCN(S(C)(=O)=O)CC1. The summed E-state index contributed by atoms with van der Waals surface area (Å²) in [5.41, 5.74) is 1.22. The Hall–Kier alpha value is -1.60. The van der Waals surface area contributed by atoms with Gasteiger partial charge in [-0.15, -0.1) is 0 Å². The summed E-state index contributed by atoms with van der Waals surface area (Å²) in [6, 6.07) is 7.63. The van der Waals surface area contributed by atoms with Gasteiger partial charge in [0.05, 0.1) is 17.6 Å². The van der Waals surface area contributed by atoms with Crippen LogP contribution in [0.5, 0.6) is 0 Å². The Morgan fingerprint density at radius 2 is 1.65 bits per heavy atom. The van der Waals surface area contributed by atoms with Crippen LogP contribution < -0.4 is 10.2 Å². The van der Waals surface area contributed by atoms with Crippen LogP contribution in [0.2, 0.25) is 0 Å². The van der Waals surface area contributed by atoms with Gasteiger partial charge in [-0.25, -0.2) is 8.42 Å². The first-order valence-corrected chi connectivity index (χ1v) is 9.54. The third-order valence-corrected chi connectivity index (χ3v) is 5.18. The Bertz CT molecular complexity index is 672. The lowest BCUT2D eigenvalue weighted by Crippen LogP contribution is -2.48. The zero-order valence-electron chi connectivity index (χ0n) is 14.2. The second kappa shape index (κ2) is 6.49. The average molecular weight is 339 g/mol. The van der Waals surface area contributed by atoms with E-state index >= 15 is 0 Å². The molecule has 0 unspecified atom stereocenters. The molecule has 1 saturated heterocycles. The highest BCUT2D eigenvalue weighted by atomic mass is 32.2. The number of carbonyl (C=O) groups is 1. The summed E-state index contributed by atoms with van der Waals surface area (Å²) in [4.78, 5) is 14.3. The fourth-order valence-electron chi connectivity index (χ4n) is 2.43. The number of piperazine rings is 1. The molecule has 1 aromatic carbocycles. The highest BCUT2D eigenvalue weighted by molar-refractivity contribution is 7.88. The zero-order chi connectivity index (χ0) is 17.3. The van der Waals surface area contributed by atoms with E-state index in [-0.39, 0.29) is 5.91 Å². The Morgan fingerprint density at radius 1 is 1.09 bits per heavy atom. The zero-order valence-corrected chi connectivity index (χ0v) is 15.0. The van der Waals surface area contributed by atoms with E-state index in [2.05, 4.69) is 10.2 Å². The molecule has 0 radical (unpaired) electrons. The van der Waals surface area contributed by atoms with E-state index in [9.17, 15) is 13.2 Å². The molecule has 0 bridgehead atoms. The maximum atomic E-state index is 12.2. The van der Waals surface area contributed by atoms with Gasteiger partial charge in [0.2, 0.25) is 15.9 Å². The molecular formula is C16H25N3O3S. The van der Waals surface area contributed by atoms with E-state index in [1.807, 2.05) is 45.0 Å². The van der Waals surface area contributed by atoms with Gasteiger partial charge in [0.1, 0.15) is 0 Å². The van der Waals surface area contributed by atoms with Crippen molar-refractivity contribution in [2.45, 2.75) is 20.8 Å². The lowest BCUT2D eigenvalue weighted by atomic mass is 9.95. The number of anilines is 2. The number of hydrogen-bond acceptors (Lipinski definition) is 4. The number of benzene rings is 1. The molecule has 1 aromatic rings. The van der Waals surface area contributed by atoms with Gasteiger partial charge in [0.25, 0.3) is 0 Å². The van der Waals surface area contributed by atoms with Crippen LogP contribution in [0.1, 0.15) is 20.8 Å². The van der Waals surface area contributed by atoms with Gasteiger partial charge >= 0.3 is 0 Å². The minimum atomic E-state index is -3.14. The molecule has 1 heterocycles. The number of amides is 1. The molecule has 1 aliphatic rings. The fourth-order valence-corrected chi connectivity index (χ4v) is 3.25. The van der Waals surface area contributed by atoms with E-state index in [4.69, 9.17) is 0 Å². The quantitative estimate of drug-likeness (QED) is 0.911. The minimum Gasteiger partial charge on any atom is -0.367 e. The molecule has 1 N–H and O–H groups in total. The predicted octanol–water partition coefficient (Wildman–Crippen LogP) is 1.75. The van der Waals surface area contributed by atoms with Crippen molar-refractivity contribution in [3.05, 3.63) is 24.3 Å². The molecule has 0 aromatic heterocycles. The summed E-state index contributed by atoms with van der Waals surface area (Å²) in [7, 11) is -3.14. The Balaban J connectivity index is 2.14. The summed E-state index contributed by atoms with van der Waals surface area (Å²) < 4.78 is 24.7. The van der Waals surface area contributed by atoms with Gasteiger partial charge < -0.3 is 10.2 Å². The summed E-state index contributed by atoms with van der Waals surface area (Å²) in [5.74, 6) is -0.0419. The first-order chi connectivity index (χ1) is 10.6.